The number of carbonyl (C=O) groups is 4. The maximum absolute atomic E-state index is 13.1. The van der Waals surface area contributed by atoms with Gasteiger partial charge in [-0.2, -0.15) is 0 Å². The van der Waals surface area contributed by atoms with E-state index in [0.29, 0.717) is 25.7 Å². The molecule has 0 radical (unpaired) electrons. The van der Waals surface area contributed by atoms with E-state index in [1.165, 1.54) is 250 Å². The number of aliphatic hydroxyl groups is 1. The van der Waals surface area contributed by atoms with Gasteiger partial charge in [-0.05, 0) is 37.5 Å². The Morgan fingerprint density at radius 2 is 0.505 bits per heavy atom. The van der Waals surface area contributed by atoms with E-state index in [4.69, 9.17) is 37.0 Å². The van der Waals surface area contributed by atoms with Crippen molar-refractivity contribution in [1.82, 2.24) is 0 Å². The van der Waals surface area contributed by atoms with Gasteiger partial charge in [0.05, 0.1) is 26.4 Å². The molecule has 19 heteroatoms. The van der Waals surface area contributed by atoms with Crippen molar-refractivity contribution < 1.29 is 80.2 Å². The summed E-state index contributed by atoms with van der Waals surface area (Å²) < 4.78 is 68.8. The topological polar surface area (TPSA) is 237 Å². The molecule has 0 aliphatic carbocycles. The Labute approximate surface area is 619 Å². The van der Waals surface area contributed by atoms with Crippen LogP contribution in [0, 0.1) is 11.8 Å². The first-order valence-corrected chi connectivity index (χ1v) is 45.5. The molecule has 0 aromatic heterocycles. The SMILES string of the molecule is CCCCCCCCCCCCCCCCCCC(=O)OC[C@H](COP(=O)(O)OC[C@@H](O)COP(=O)(O)OC[C@@H](COC(=O)CCCCCCCCCCCCCC)OC(=O)CCCCCCCCCCCCCCC(C)C)OC(=O)CCCCCCCCCCCCCCCCC(C)CC. The van der Waals surface area contributed by atoms with Crippen molar-refractivity contribution in [3.8, 4) is 0 Å². The second kappa shape index (κ2) is 73.6. The Morgan fingerprint density at radius 1 is 0.287 bits per heavy atom. The summed E-state index contributed by atoms with van der Waals surface area (Å²) in [5.41, 5.74) is 0. The zero-order valence-electron chi connectivity index (χ0n) is 66.2. The standard InChI is InChI=1S/C82H160O17P2/c1-7-10-12-14-16-18-20-22-23-24-28-35-41-47-53-59-65-80(85)93-71-78(98-81(86)66-60-54-48-42-36-29-26-25-27-33-39-45-51-57-63-75(6)9-3)73-97-101(90,91)95-69-76(83)68-94-100(88,89)96-72-77(70-92-79(84)64-58-52-46-40-34-21-19-17-15-13-11-8-2)99-82(87)67-61-55-49-43-37-31-30-32-38-44-50-56-62-74(4)5/h74-78,83H,7-73H2,1-6H3,(H,88,89)(H,90,91)/t75?,76-,77+,78+/m0/s1. The lowest BCUT2D eigenvalue weighted by atomic mass is 9.99. The van der Waals surface area contributed by atoms with Crippen molar-refractivity contribution in [2.24, 2.45) is 11.8 Å². The number of unbranched alkanes of at least 4 members (excludes halogenated alkanes) is 50. The molecule has 0 aliphatic heterocycles. The number of esters is 4. The number of phosphoric ester groups is 2. The van der Waals surface area contributed by atoms with Crippen molar-refractivity contribution in [2.45, 2.75) is 452 Å². The highest BCUT2D eigenvalue weighted by molar-refractivity contribution is 7.47. The van der Waals surface area contributed by atoms with Gasteiger partial charge in [0.15, 0.2) is 12.2 Å². The highest BCUT2D eigenvalue weighted by Gasteiger charge is 2.30. The Hall–Kier alpha value is -1.94. The molecular weight excluding hydrogens is 1320 g/mol. The van der Waals surface area contributed by atoms with Gasteiger partial charge in [0.25, 0.3) is 0 Å². The molecule has 0 spiro atoms. The van der Waals surface area contributed by atoms with Gasteiger partial charge in [-0.15, -0.1) is 0 Å². The third-order valence-electron chi connectivity index (χ3n) is 19.6. The fourth-order valence-electron chi connectivity index (χ4n) is 12.7. The van der Waals surface area contributed by atoms with Crippen LogP contribution in [0.2, 0.25) is 0 Å². The van der Waals surface area contributed by atoms with Crippen molar-refractivity contribution in [3.63, 3.8) is 0 Å². The van der Waals surface area contributed by atoms with Crippen molar-refractivity contribution >= 4 is 39.5 Å². The van der Waals surface area contributed by atoms with E-state index in [-0.39, 0.29) is 25.7 Å². The van der Waals surface area contributed by atoms with Crippen LogP contribution in [0.5, 0.6) is 0 Å². The van der Waals surface area contributed by atoms with Gasteiger partial charge in [-0.25, -0.2) is 9.13 Å². The van der Waals surface area contributed by atoms with E-state index in [1.54, 1.807) is 0 Å². The van der Waals surface area contributed by atoms with Crippen LogP contribution < -0.4 is 0 Å². The molecule has 0 fully saturated rings. The largest absolute Gasteiger partial charge is 0.472 e. The predicted molar refractivity (Wildman–Crippen MR) is 414 cm³/mol. The van der Waals surface area contributed by atoms with Gasteiger partial charge in [0, 0.05) is 25.7 Å². The zero-order chi connectivity index (χ0) is 74.2. The number of rotatable bonds is 81. The molecule has 3 N–H and O–H groups in total. The number of aliphatic hydroxyl groups excluding tert-OH is 1. The molecule has 0 rings (SSSR count). The van der Waals surface area contributed by atoms with Crippen LogP contribution in [0.1, 0.15) is 433 Å². The maximum Gasteiger partial charge on any atom is 0.472 e. The number of hydrogen-bond acceptors (Lipinski definition) is 15. The molecule has 0 aliphatic rings. The Balaban J connectivity index is 5.27. The van der Waals surface area contributed by atoms with E-state index >= 15 is 0 Å². The Morgan fingerprint density at radius 3 is 0.752 bits per heavy atom. The van der Waals surface area contributed by atoms with Crippen molar-refractivity contribution in [2.75, 3.05) is 39.6 Å². The van der Waals surface area contributed by atoms with Crippen molar-refractivity contribution in [3.05, 3.63) is 0 Å². The lowest BCUT2D eigenvalue weighted by molar-refractivity contribution is -0.161. The molecule has 3 unspecified atom stereocenters. The van der Waals surface area contributed by atoms with Crippen LogP contribution in [0.3, 0.4) is 0 Å². The first kappa shape index (κ1) is 99.1. The number of ether oxygens (including phenoxy) is 4. The van der Waals surface area contributed by atoms with E-state index in [1.807, 2.05) is 0 Å². The molecule has 600 valence electrons. The van der Waals surface area contributed by atoms with Crippen molar-refractivity contribution in [1.29, 1.82) is 0 Å². The zero-order valence-corrected chi connectivity index (χ0v) is 68.0. The van der Waals surface area contributed by atoms with Crippen LogP contribution in [-0.2, 0) is 65.4 Å². The number of carbonyl (C=O) groups excluding carboxylic acids is 4. The number of hydrogen-bond donors (Lipinski definition) is 3. The summed E-state index contributed by atoms with van der Waals surface area (Å²) in [5, 5.41) is 10.7. The molecule has 0 amide bonds. The van der Waals surface area contributed by atoms with E-state index in [9.17, 15) is 43.2 Å². The lowest BCUT2D eigenvalue weighted by Crippen LogP contribution is -2.30. The van der Waals surface area contributed by atoms with Crippen LogP contribution >= 0.6 is 15.6 Å². The van der Waals surface area contributed by atoms with Crippen LogP contribution in [0.15, 0.2) is 0 Å². The lowest BCUT2D eigenvalue weighted by Gasteiger charge is -2.21. The van der Waals surface area contributed by atoms with Gasteiger partial charge in [-0.1, -0.05) is 382 Å². The summed E-state index contributed by atoms with van der Waals surface area (Å²) in [7, 11) is -9.92. The average molecular weight is 1480 g/mol. The molecule has 17 nitrogen and oxygen atoms in total. The maximum atomic E-state index is 13.1. The molecule has 6 atom stereocenters. The summed E-state index contributed by atoms with van der Waals surface area (Å²) >= 11 is 0. The smallest absolute Gasteiger partial charge is 0.462 e. The Kier molecular flexibility index (Phi) is 72.2. The van der Waals surface area contributed by atoms with Crippen LogP contribution in [0.25, 0.3) is 0 Å². The molecule has 0 aromatic carbocycles. The molecule has 0 saturated heterocycles. The molecule has 0 aromatic rings. The van der Waals surface area contributed by atoms with E-state index in [2.05, 4.69) is 41.5 Å². The van der Waals surface area contributed by atoms with Gasteiger partial charge >= 0.3 is 39.5 Å². The summed E-state index contributed by atoms with van der Waals surface area (Å²) in [5.74, 6) is -0.482. The quantitative estimate of drug-likeness (QED) is 0.0222. The first-order valence-electron chi connectivity index (χ1n) is 42.5. The van der Waals surface area contributed by atoms with Crippen LogP contribution in [-0.4, -0.2) is 96.7 Å². The number of phosphoric acid groups is 2. The van der Waals surface area contributed by atoms with Gasteiger partial charge in [0.2, 0.25) is 0 Å². The summed E-state index contributed by atoms with van der Waals surface area (Å²) in [4.78, 5) is 73.1. The minimum atomic E-state index is -4.96. The second-order valence-electron chi connectivity index (χ2n) is 30.2. The summed E-state index contributed by atoms with van der Waals surface area (Å²) in [6.45, 7) is 9.71. The molecular formula is C82H160O17P2. The molecule has 101 heavy (non-hydrogen) atoms. The Bertz CT molecular complexity index is 1940. The fourth-order valence-corrected chi connectivity index (χ4v) is 14.3. The molecule has 0 heterocycles. The fraction of sp³-hybridized carbons (Fsp3) is 0.951. The highest BCUT2D eigenvalue weighted by Crippen LogP contribution is 2.45. The minimum Gasteiger partial charge on any atom is -0.462 e. The predicted octanol–water partition coefficient (Wildman–Crippen LogP) is 24.7. The monoisotopic (exact) mass is 1480 g/mol. The summed E-state index contributed by atoms with van der Waals surface area (Å²) in [6, 6.07) is 0. The van der Waals surface area contributed by atoms with Gasteiger partial charge < -0.3 is 33.8 Å². The average Bonchev–Trinajstić information content (AvgIpc) is 0.971. The molecule has 0 saturated carbocycles. The normalized spacial score (nSPS) is 14.2. The van der Waals surface area contributed by atoms with Gasteiger partial charge in [-0.3, -0.25) is 37.3 Å². The third-order valence-corrected chi connectivity index (χ3v) is 21.5. The third kappa shape index (κ3) is 74.7. The molecule has 0 bridgehead atoms. The van der Waals surface area contributed by atoms with Crippen LogP contribution in [0.4, 0.5) is 0 Å². The van der Waals surface area contributed by atoms with E-state index < -0.39 is 97.5 Å². The first-order chi connectivity index (χ1) is 48.9. The van der Waals surface area contributed by atoms with Gasteiger partial charge in [0.1, 0.15) is 19.3 Å². The highest BCUT2D eigenvalue weighted by atomic mass is 31.2. The minimum absolute atomic E-state index is 0.107. The van der Waals surface area contributed by atoms with E-state index in [0.717, 1.165) is 102 Å². The second-order valence-corrected chi connectivity index (χ2v) is 33.1. The summed E-state index contributed by atoms with van der Waals surface area (Å²) in [6.07, 6.45) is 63.6.